The second kappa shape index (κ2) is 3.69. The van der Waals surface area contributed by atoms with Crippen LogP contribution in [0.1, 0.15) is 12.6 Å². The predicted octanol–water partition coefficient (Wildman–Crippen LogP) is 0.431. The molecule has 0 bridgehead atoms. The van der Waals surface area contributed by atoms with E-state index >= 15 is 0 Å². The van der Waals surface area contributed by atoms with E-state index in [4.69, 9.17) is 5.73 Å². The summed E-state index contributed by atoms with van der Waals surface area (Å²) < 4.78 is 1.74. The first kappa shape index (κ1) is 8.49. The van der Waals surface area contributed by atoms with Crippen molar-refractivity contribution in [1.82, 2.24) is 4.57 Å². The summed E-state index contributed by atoms with van der Waals surface area (Å²) in [5, 5.41) is 1.90. The molecule has 62 valence electrons. The smallest absolute Gasteiger partial charge is 0.307 e. The summed E-state index contributed by atoms with van der Waals surface area (Å²) in [4.78, 5) is 11.2. The Morgan fingerprint density at radius 2 is 2.45 bits per heavy atom. The minimum Gasteiger partial charge on any atom is -0.329 e. The van der Waals surface area contributed by atoms with Gasteiger partial charge in [0.05, 0.1) is 0 Å². The van der Waals surface area contributed by atoms with E-state index in [2.05, 4.69) is 0 Å². The molecule has 0 saturated carbocycles. The van der Waals surface area contributed by atoms with Crippen molar-refractivity contribution in [2.75, 3.05) is 6.54 Å². The highest BCUT2D eigenvalue weighted by atomic mass is 32.1. The highest BCUT2D eigenvalue weighted by molar-refractivity contribution is 7.07. The Hall–Kier alpha value is -0.610. The third-order valence-electron chi connectivity index (χ3n) is 1.58. The lowest BCUT2D eigenvalue weighted by molar-refractivity contribution is 0.663. The van der Waals surface area contributed by atoms with Gasteiger partial charge in [0, 0.05) is 24.2 Å². The molecular formula is C7H12N2OS. The van der Waals surface area contributed by atoms with Crippen LogP contribution in [-0.2, 0) is 13.0 Å². The summed E-state index contributed by atoms with van der Waals surface area (Å²) >= 11 is 1.25. The van der Waals surface area contributed by atoms with Crippen LogP contribution in [0.4, 0.5) is 0 Å². The van der Waals surface area contributed by atoms with Crippen molar-refractivity contribution in [2.45, 2.75) is 19.9 Å². The van der Waals surface area contributed by atoms with Crippen molar-refractivity contribution in [1.29, 1.82) is 0 Å². The zero-order chi connectivity index (χ0) is 8.27. The van der Waals surface area contributed by atoms with Gasteiger partial charge in [-0.3, -0.25) is 4.79 Å². The van der Waals surface area contributed by atoms with E-state index in [1.807, 2.05) is 12.3 Å². The Kier molecular flexibility index (Phi) is 2.84. The molecule has 1 rings (SSSR count). The molecule has 0 aromatic carbocycles. The first-order valence-corrected chi connectivity index (χ1v) is 4.54. The van der Waals surface area contributed by atoms with Crippen LogP contribution >= 0.6 is 11.3 Å². The third-order valence-corrected chi connectivity index (χ3v) is 2.39. The molecule has 11 heavy (non-hydrogen) atoms. The summed E-state index contributed by atoms with van der Waals surface area (Å²) in [6, 6.07) is 0. The van der Waals surface area contributed by atoms with Crippen molar-refractivity contribution in [3.63, 3.8) is 0 Å². The van der Waals surface area contributed by atoms with E-state index in [9.17, 15) is 4.79 Å². The van der Waals surface area contributed by atoms with Crippen molar-refractivity contribution in [2.24, 2.45) is 5.73 Å². The average Bonchev–Trinajstić information content (AvgIpc) is 2.34. The maximum Gasteiger partial charge on any atom is 0.307 e. The predicted molar refractivity (Wildman–Crippen MR) is 47.0 cm³/mol. The van der Waals surface area contributed by atoms with Gasteiger partial charge in [-0.2, -0.15) is 0 Å². The molecule has 3 nitrogen and oxygen atoms in total. The van der Waals surface area contributed by atoms with E-state index in [0.717, 1.165) is 12.1 Å². The summed E-state index contributed by atoms with van der Waals surface area (Å²) in [5.41, 5.74) is 6.45. The Bertz CT molecular complexity index is 276. The number of nitrogens with two attached hydrogens (primary N) is 1. The highest BCUT2D eigenvalue weighted by Crippen LogP contribution is 2.01. The average molecular weight is 172 g/mol. The first-order valence-electron chi connectivity index (χ1n) is 3.66. The fourth-order valence-electron chi connectivity index (χ4n) is 1.00. The van der Waals surface area contributed by atoms with Crippen molar-refractivity contribution >= 4 is 11.3 Å². The van der Waals surface area contributed by atoms with Crippen LogP contribution in [0, 0.1) is 0 Å². The molecule has 0 radical (unpaired) electrons. The molecule has 0 fully saturated rings. The number of aryl methyl sites for hydroxylation is 1. The third kappa shape index (κ3) is 1.70. The number of hydrogen-bond acceptors (Lipinski definition) is 3. The minimum atomic E-state index is 0.104. The largest absolute Gasteiger partial charge is 0.329 e. The lowest BCUT2D eigenvalue weighted by Crippen LogP contribution is -2.20. The fourth-order valence-corrected chi connectivity index (χ4v) is 1.87. The van der Waals surface area contributed by atoms with Gasteiger partial charge in [0.1, 0.15) is 0 Å². The number of rotatable bonds is 3. The number of aromatic nitrogens is 1. The fraction of sp³-hybridized carbons (Fsp3) is 0.571. The van der Waals surface area contributed by atoms with Gasteiger partial charge in [-0.25, -0.2) is 0 Å². The molecule has 0 aliphatic heterocycles. The Morgan fingerprint density at radius 1 is 1.73 bits per heavy atom. The molecule has 1 heterocycles. The summed E-state index contributed by atoms with van der Waals surface area (Å²) in [6.45, 7) is 3.21. The van der Waals surface area contributed by atoms with Gasteiger partial charge in [-0.05, 0) is 6.42 Å². The van der Waals surface area contributed by atoms with Gasteiger partial charge in [-0.1, -0.05) is 18.3 Å². The van der Waals surface area contributed by atoms with Crippen LogP contribution in [0.5, 0.6) is 0 Å². The van der Waals surface area contributed by atoms with Crippen LogP contribution < -0.4 is 10.6 Å². The molecule has 2 N–H and O–H groups in total. The van der Waals surface area contributed by atoms with Crippen LogP contribution in [-0.4, -0.2) is 11.1 Å². The molecule has 1 aromatic heterocycles. The molecule has 0 atom stereocenters. The van der Waals surface area contributed by atoms with Crippen molar-refractivity contribution < 1.29 is 0 Å². The molecular weight excluding hydrogens is 160 g/mol. The van der Waals surface area contributed by atoms with E-state index in [-0.39, 0.29) is 4.87 Å². The summed E-state index contributed by atoms with van der Waals surface area (Å²) in [5.74, 6) is 0. The quantitative estimate of drug-likeness (QED) is 0.718. The molecule has 1 aromatic rings. The molecule has 0 aliphatic rings. The number of thiazole rings is 1. The topological polar surface area (TPSA) is 48.0 Å². The van der Waals surface area contributed by atoms with Crippen LogP contribution in [0.2, 0.25) is 0 Å². The maximum absolute atomic E-state index is 11.1. The zero-order valence-corrected chi connectivity index (χ0v) is 7.36. The van der Waals surface area contributed by atoms with Gasteiger partial charge in [0.15, 0.2) is 0 Å². The van der Waals surface area contributed by atoms with E-state index < -0.39 is 0 Å². The molecule has 0 amide bonds. The van der Waals surface area contributed by atoms with Crippen LogP contribution in [0.3, 0.4) is 0 Å². The van der Waals surface area contributed by atoms with Gasteiger partial charge in [0.2, 0.25) is 0 Å². The second-order valence-corrected chi connectivity index (χ2v) is 3.11. The zero-order valence-electron chi connectivity index (χ0n) is 6.54. The van der Waals surface area contributed by atoms with Gasteiger partial charge in [-0.15, -0.1) is 0 Å². The summed E-state index contributed by atoms with van der Waals surface area (Å²) in [6.07, 6.45) is 0.902. The number of hydrogen-bond donors (Lipinski definition) is 1. The maximum atomic E-state index is 11.1. The summed E-state index contributed by atoms with van der Waals surface area (Å²) in [7, 11) is 0. The first-order chi connectivity index (χ1) is 5.29. The van der Waals surface area contributed by atoms with Crippen molar-refractivity contribution in [3.8, 4) is 0 Å². The van der Waals surface area contributed by atoms with Gasteiger partial charge >= 0.3 is 4.87 Å². The van der Waals surface area contributed by atoms with Crippen molar-refractivity contribution in [3.05, 3.63) is 20.7 Å². The highest BCUT2D eigenvalue weighted by Gasteiger charge is 2.01. The number of nitrogens with zero attached hydrogens (tertiary/aromatic N) is 1. The van der Waals surface area contributed by atoms with E-state index in [1.165, 1.54) is 11.3 Å². The second-order valence-electron chi connectivity index (χ2n) is 2.29. The van der Waals surface area contributed by atoms with Gasteiger partial charge < -0.3 is 10.3 Å². The van der Waals surface area contributed by atoms with Gasteiger partial charge in [0.25, 0.3) is 0 Å². The van der Waals surface area contributed by atoms with Crippen LogP contribution in [0.15, 0.2) is 10.2 Å². The molecule has 4 heteroatoms. The minimum absolute atomic E-state index is 0.104. The monoisotopic (exact) mass is 172 g/mol. The Morgan fingerprint density at radius 3 is 3.00 bits per heavy atom. The molecule has 0 aliphatic carbocycles. The lowest BCUT2D eigenvalue weighted by atomic mass is 10.4. The normalized spacial score (nSPS) is 10.4. The molecule has 0 unspecified atom stereocenters. The standard InChI is InChI=1S/C7H12N2OS/c1-2-6-5-11-7(10)9(6)4-3-8/h5H,2-4,8H2,1H3. The van der Waals surface area contributed by atoms with Crippen LogP contribution in [0.25, 0.3) is 0 Å². The van der Waals surface area contributed by atoms with E-state index in [0.29, 0.717) is 13.1 Å². The Balaban J connectivity index is 2.97. The SMILES string of the molecule is CCc1csc(=O)n1CCN. The molecule has 0 spiro atoms. The van der Waals surface area contributed by atoms with E-state index in [1.54, 1.807) is 4.57 Å². The Labute approximate surface area is 69.5 Å². The molecule has 0 saturated heterocycles. The lowest BCUT2D eigenvalue weighted by Gasteiger charge is -2.01.